The van der Waals surface area contributed by atoms with Gasteiger partial charge in [-0.3, -0.25) is 9.63 Å². The van der Waals surface area contributed by atoms with Crippen molar-refractivity contribution in [1.29, 1.82) is 0 Å². The van der Waals surface area contributed by atoms with Crippen molar-refractivity contribution in [3.05, 3.63) is 21.4 Å². The van der Waals surface area contributed by atoms with Crippen molar-refractivity contribution in [2.24, 2.45) is 5.92 Å². The zero-order chi connectivity index (χ0) is 13.3. The molecule has 1 amide bonds. The van der Waals surface area contributed by atoms with Crippen LogP contribution in [0.25, 0.3) is 0 Å². The molecule has 1 aromatic rings. The van der Waals surface area contributed by atoms with Gasteiger partial charge in [-0.05, 0) is 51.5 Å². The highest BCUT2D eigenvalue weighted by molar-refractivity contribution is 7.10. The zero-order valence-corrected chi connectivity index (χ0v) is 12.3. The van der Waals surface area contributed by atoms with Crippen molar-refractivity contribution >= 4 is 17.2 Å². The van der Waals surface area contributed by atoms with E-state index in [1.807, 2.05) is 26.2 Å². The van der Waals surface area contributed by atoms with Crippen molar-refractivity contribution in [3.8, 4) is 0 Å². The lowest BCUT2D eigenvalue weighted by Crippen LogP contribution is -2.34. The predicted octanol–water partition coefficient (Wildman–Crippen LogP) is 3.33. The Morgan fingerprint density at radius 1 is 1.50 bits per heavy atom. The summed E-state index contributed by atoms with van der Waals surface area (Å²) in [6.07, 6.45) is 3.29. The molecule has 1 heterocycles. The molecule has 0 aliphatic heterocycles. The number of carbonyl (C=O) groups excluding carboxylic acids is 1. The molecule has 18 heavy (non-hydrogen) atoms. The summed E-state index contributed by atoms with van der Waals surface area (Å²) in [6.45, 7) is 8.01. The summed E-state index contributed by atoms with van der Waals surface area (Å²) < 4.78 is 0. The Hall–Kier alpha value is -0.870. The van der Waals surface area contributed by atoms with Crippen LogP contribution in [0.15, 0.2) is 5.38 Å². The molecular weight excluding hydrogens is 246 g/mol. The summed E-state index contributed by atoms with van der Waals surface area (Å²) in [7, 11) is 0. The maximum Gasteiger partial charge on any atom is 0.275 e. The molecule has 0 spiro atoms. The predicted molar refractivity (Wildman–Crippen MR) is 73.8 cm³/mol. The summed E-state index contributed by atoms with van der Waals surface area (Å²) >= 11 is 1.70. The summed E-state index contributed by atoms with van der Waals surface area (Å²) in [4.78, 5) is 18.8. The zero-order valence-electron chi connectivity index (χ0n) is 11.5. The first kappa shape index (κ1) is 13.6. The van der Waals surface area contributed by atoms with Gasteiger partial charge in [0.25, 0.3) is 5.91 Å². The van der Waals surface area contributed by atoms with Crippen LogP contribution in [-0.2, 0) is 17.7 Å². The molecule has 1 aliphatic rings. The van der Waals surface area contributed by atoms with Crippen molar-refractivity contribution < 1.29 is 9.63 Å². The largest absolute Gasteiger partial charge is 0.275 e. The summed E-state index contributed by atoms with van der Waals surface area (Å²) in [5.41, 5.74) is 4.22. The first-order valence-electron chi connectivity index (χ1n) is 6.44. The SMILES string of the molecule is CC1CCc2c(C(=O)NOC(C)(C)C)csc2C1. The lowest BCUT2D eigenvalue weighted by atomic mass is 9.88. The molecule has 2 rings (SSSR count). The molecule has 0 saturated heterocycles. The van der Waals surface area contributed by atoms with Crippen LogP contribution in [0.3, 0.4) is 0 Å². The van der Waals surface area contributed by atoms with E-state index in [0.29, 0.717) is 0 Å². The first-order chi connectivity index (χ1) is 8.37. The Labute approximate surface area is 112 Å². The molecule has 100 valence electrons. The highest BCUT2D eigenvalue weighted by atomic mass is 32.1. The Morgan fingerprint density at radius 3 is 2.89 bits per heavy atom. The number of rotatable bonds is 2. The smallest absolute Gasteiger partial charge is 0.268 e. The number of thiophene rings is 1. The molecule has 1 aliphatic carbocycles. The van der Waals surface area contributed by atoms with E-state index in [4.69, 9.17) is 4.84 Å². The fourth-order valence-corrected chi connectivity index (χ4v) is 3.37. The molecule has 1 atom stereocenters. The number of amides is 1. The van der Waals surface area contributed by atoms with E-state index in [9.17, 15) is 4.79 Å². The Bertz CT molecular complexity index is 445. The van der Waals surface area contributed by atoms with E-state index in [0.717, 1.165) is 24.3 Å². The summed E-state index contributed by atoms with van der Waals surface area (Å²) in [5.74, 6) is 0.620. The normalized spacial score (nSPS) is 19.4. The van der Waals surface area contributed by atoms with Crippen LogP contribution in [-0.4, -0.2) is 11.5 Å². The second-order valence-corrected chi connectivity index (χ2v) is 7.01. The number of nitrogens with one attached hydrogen (secondary N) is 1. The Morgan fingerprint density at radius 2 is 2.22 bits per heavy atom. The van der Waals surface area contributed by atoms with Gasteiger partial charge in [0.15, 0.2) is 0 Å². The van der Waals surface area contributed by atoms with E-state index in [-0.39, 0.29) is 11.5 Å². The van der Waals surface area contributed by atoms with Crippen molar-refractivity contribution in [2.75, 3.05) is 0 Å². The monoisotopic (exact) mass is 267 g/mol. The lowest BCUT2D eigenvalue weighted by Gasteiger charge is -2.21. The molecule has 1 unspecified atom stereocenters. The number of hydroxylamine groups is 1. The fraction of sp³-hybridized carbons (Fsp3) is 0.643. The van der Waals surface area contributed by atoms with Gasteiger partial charge in [-0.2, -0.15) is 0 Å². The number of hydrogen-bond donors (Lipinski definition) is 1. The molecule has 0 bridgehead atoms. The van der Waals surface area contributed by atoms with Gasteiger partial charge in [0.1, 0.15) is 0 Å². The van der Waals surface area contributed by atoms with Crippen LogP contribution in [0.4, 0.5) is 0 Å². The second-order valence-electron chi connectivity index (χ2n) is 6.04. The molecule has 0 fully saturated rings. The van der Waals surface area contributed by atoms with E-state index in [1.54, 1.807) is 11.3 Å². The van der Waals surface area contributed by atoms with Gasteiger partial charge in [0.2, 0.25) is 0 Å². The van der Waals surface area contributed by atoms with Crippen LogP contribution in [0.1, 0.15) is 54.9 Å². The van der Waals surface area contributed by atoms with Gasteiger partial charge < -0.3 is 0 Å². The number of fused-ring (bicyclic) bond motifs is 1. The molecule has 0 radical (unpaired) electrons. The average Bonchev–Trinajstić information content (AvgIpc) is 2.67. The molecule has 0 saturated carbocycles. The minimum Gasteiger partial charge on any atom is -0.268 e. The maximum atomic E-state index is 12.1. The van der Waals surface area contributed by atoms with Crippen LogP contribution < -0.4 is 5.48 Å². The first-order valence-corrected chi connectivity index (χ1v) is 7.32. The third kappa shape index (κ3) is 3.12. The average molecular weight is 267 g/mol. The van der Waals surface area contributed by atoms with Crippen molar-refractivity contribution in [1.82, 2.24) is 5.48 Å². The second kappa shape index (κ2) is 5.02. The molecule has 4 heteroatoms. The molecule has 1 N–H and O–H groups in total. The van der Waals surface area contributed by atoms with Crippen LogP contribution >= 0.6 is 11.3 Å². The molecule has 3 nitrogen and oxygen atoms in total. The Balaban J connectivity index is 2.08. The van der Waals surface area contributed by atoms with Crippen LogP contribution in [0.5, 0.6) is 0 Å². The highest BCUT2D eigenvalue weighted by Gasteiger charge is 2.24. The van der Waals surface area contributed by atoms with Crippen molar-refractivity contribution in [2.45, 2.75) is 52.6 Å². The summed E-state index contributed by atoms with van der Waals surface area (Å²) in [5, 5.41) is 1.96. The fourth-order valence-electron chi connectivity index (χ4n) is 2.12. The third-order valence-corrected chi connectivity index (χ3v) is 4.15. The van der Waals surface area contributed by atoms with Gasteiger partial charge in [-0.25, -0.2) is 5.48 Å². The van der Waals surface area contributed by atoms with Gasteiger partial charge in [0.05, 0.1) is 11.2 Å². The lowest BCUT2D eigenvalue weighted by molar-refractivity contribution is -0.0589. The Kier molecular flexibility index (Phi) is 3.78. The molecule has 1 aromatic heterocycles. The van der Waals surface area contributed by atoms with Gasteiger partial charge in [-0.1, -0.05) is 6.92 Å². The third-order valence-electron chi connectivity index (χ3n) is 3.10. The minimum absolute atomic E-state index is 0.114. The quantitative estimate of drug-likeness (QED) is 0.835. The number of hydrogen-bond acceptors (Lipinski definition) is 3. The van der Waals surface area contributed by atoms with Gasteiger partial charge >= 0.3 is 0 Å². The van der Waals surface area contributed by atoms with E-state index >= 15 is 0 Å². The topological polar surface area (TPSA) is 38.3 Å². The van der Waals surface area contributed by atoms with Gasteiger partial charge in [-0.15, -0.1) is 11.3 Å². The maximum absolute atomic E-state index is 12.1. The summed E-state index contributed by atoms with van der Waals surface area (Å²) in [6, 6.07) is 0. The van der Waals surface area contributed by atoms with Crippen molar-refractivity contribution in [3.63, 3.8) is 0 Å². The standard InChI is InChI=1S/C14H21NO2S/c1-9-5-6-10-11(8-18-12(10)7-9)13(16)15-17-14(2,3)4/h8-9H,5-7H2,1-4H3,(H,15,16). The molecule has 0 aromatic carbocycles. The molecular formula is C14H21NO2S. The van der Waals surface area contributed by atoms with E-state index < -0.39 is 0 Å². The van der Waals surface area contributed by atoms with Gasteiger partial charge in [0, 0.05) is 10.3 Å². The van der Waals surface area contributed by atoms with Crippen LogP contribution in [0.2, 0.25) is 0 Å². The van der Waals surface area contributed by atoms with Crippen LogP contribution in [0, 0.1) is 5.92 Å². The highest BCUT2D eigenvalue weighted by Crippen LogP contribution is 2.32. The minimum atomic E-state index is -0.361. The number of carbonyl (C=O) groups is 1. The van der Waals surface area contributed by atoms with E-state index in [2.05, 4.69) is 12.4 Å². The van der Waals surface area contributed by atoms with E-state index in [1.165, 1.54) is 16.9 Å².